The molecule has 0 saturated heterocycles. The quantitative estimate of drug-likeness (QED) is 0.788. The number of anilines is 1. The van der Waals surface area contributed by atoms with Crippen molar-refractivity contribution < 1.29 is 4.74 Å². The van der Waals surface area contributed by atoms with Gasteiger partial charge >= 0.3 is 0 Å². The maximum absolute atomic E-state index is 5.36. The zero-order chi connectivity index (χ0) is 12.3. The van der Waals surface area contributed by atoms with E-state index in [-0.39, 0.29) is 0 Å². The molecule has 1 aliphatic carbocycles. The van der Waals surface area contributed by atoms with Gasteiger partial charge in [0.05, 0.1) is 13.2 Å². The predicted molar refractivity (Wildman–Crippen MR) is 72.8 cm³/mol. The Bertz CT molecular complexity index is 448. The molecule has 0 fully saturated rings. The van der Waals surface area contributed by atoms with E-state index in [1.165, 1.54) is 11.3 Å². The van der Waals surface area contributed by atoms with Crippen molar-refractivity contribution in [2.75, 3.05) is 19.1 Å². The molecule has 2 rings (SSSR count). The van der Waals surface area contributed by atoms with Crippen molar-refractivity contribution >= 4 is 5.69 Å². The van der Waals surface area contributed by atoms with Gasteiger partial charge in [0.15, 0.2) is 0 Å². The van der Waals surface area contributed by atoms with Crippen molar-refractivity contribution in [1.82, 2.24) is 0 Å². The number of benzene rings is 1. The zero-order valence-electron chi connectivity index (χ0n) is 10.7. The molecule has 0 radical (unpaired) electrons. The third kappa shape index (κ3) is 2.36. The lowest BCUT2D eigenvalue weighted by Crippen LogP contribution is -2.30. The third-order valence-electron chi connectivity index (χ3n) is 3.31. The Labute approximate surface area is 103 Å². The Morgan fingerprint density at radius 3 is 2.76 bits per heavy atom. The minimum absolute atomic E-state index is 0.436. The molecule has 0 aliphatic heterocycles. The summed E-state index contributed by atoms with van der Waals surface area (Å²) >= 11 is 0. The van der Waals surface area contributed by atoms with Gasteiger partial charge < -0.3 is 9.64 Å². The maximum atomic E-state index is 5.36. The Balaban J connectivity index is 2.27. The first-order valence-corrected chi connectivity index (χ1v) is 5.94. The average molecular weight is 229 g/mol. The number of hydrogen-bond acceptors (Lipinski definition) is 2. The normalized spacial score (nSPS) is 18.2. The fourth-order valence-corrected chi connectivity index (χ4v) is 2.24. The Morgan fingerprint density at radius 1 is 1.29 bits per heavy atom. The fraction of sp³-hybridized carbons (Fsp3) is 0.333. The summed E-state index contributed by atoms with van der Waals surface area (Å²) in [6.45, 7) is 2.10. The highest BCUT2D eigenvalue weighted by molar-refractivity contribution is 5.59. The summed E-state index contributed by atoms with van der Waals surface area (Å²) < 4.78 is 5.36. The summed E-state index contributed by atoms with van der Waals surface area (Å²) in [7, 11) is 3.85. The summed E-state index contributed by atoms with van der Waals surface area (Å²) in [4.78, 5) is 2.30. The number of hydrogen-bond donors (Lipinski definition) is 0. The summed E-state index contributed by atoms with van der Waals surface area (Å²) in [5, 5.41) is 0. The molecule has 1 unspecified atom stereocenters. The second-order valence-corrected chi connectivity index (χ2v) is 4.33. The number of rotatable bonds is 3. The lowest BCUT2D eigenvalue weighted by atomic mass is 10.1. The molecule has 0 bridgehead atoms. The van der Waals surface area contributed by atoms with Gasteiger partial charge in [0, 0.05) is 18.3 Å². The molecule has 0 amide bonds. The number of methoxy groups -OCH3 is 1. The van der Waals surface area contributed by atoms with Gasteiger partial charge in [-0.3, -0.25) is 0 Å². The van der Waals surface area contributed by atoms with E-state index in [9.17, 15) is 0 Å². The minimum atomic E-state index is 0.436. The van der Waals surface area contributed by atoms with E-state index in [2.05, 4.69) is 49.2 Å². The highest BCUT2D eigenvalue weighted by atomic mass is 16.5. The summed E-state index contributed by atoms with van der Waals surface area (Å²) in [6, 6.07) is 6.62. The summed E-state index contributed by atoms with van der Waals surface area (Å²) in [5.74, 6) is 0.949. The van der Waals surface area contributed by atoms with Crippen molar-refractivity contribution in [3.05, 3.63) is 48.1 Å². The fourth-order valence-electron chi connectivity index (χ4n) is 2.24. The van der Waals surface area contributed by atoms with Crippen LogP contribution in [0.15, 0.2) is 42.5 Å². The van der Waals surface area contributed by atoms with Crippen molar-refractivity contribution in [3.8, 4) is 5.75 Å². The third-order valence-corrected chi connectivity index (χ3v) is 3.31. The maximum Gasteiger partial charge on any atom is 0.123 e. The van der Waals surface area contributed by atoms with Gasteiger partial charge in [-0.25, -0.2) is 0 Å². The Morgan fingerprint density at radius 2 is 2.12 bits per heavy atom. The van der Waals surface area contributed by atoms with E-state index in [4.69, 9.17) is 4.74 Å². The Hall–Kier alpha value is -1.70. The van der Waals surface area contributed by atoms with E-state index < -0.39 is 0 Å². The molecule has 1 atom stereocenters. The van der Waals surface area contributed by atoms with Crippen LogP contribution in [0, 0.1) is 6.92 Å². The van der Waals surface area contributed by atoms with Gasteiger partial charge in [-0.2, -0.15) is 0 Å². The number of nitrogens with zero attached hydrogens (tertiary/aromatic N) is 1. The van der Waals surface area contributed by atoms with Crippen LogP contribution in [0.1, 0.15) is 12.0 Å². The van der Waals surface area contributed by atoms with Gasteiger partial charge in [-0.15, -0.1) is 0 Å². The first-order valence-electron chi connectivity index (χ1n) is 5.94. The van der Waals surface area contributed by atoms with Crippen LogP contribution < -0.4 is 9.64 Å². The molecule has 0 saturated carbocycles. The van der Waals surface area contributed by atoms with Crippen molar-refractivity contribution in [2.45, 2.75) is 19.4 Å². The van der Waals surface area contributed by atoms with Gasteiger partial charge in [0.2, 0.25) is 0 Å². The van der Waals surface area contributed by atoms with E-state index in [0.29, 0.717) is 6.04 Å². The Kier molecular flexibility index (Phi) is 3.52. The van der Waals surface area contributed by atoms with E-state index in [0.717, 1.165) is 12.2 Å². The SMILES string of the molecule is COc1cccc(N(C)C2C=CC=CC2)c1C. The molecule has 0 aromatic heterocycles. The molecule has 0 spiro atoms. The van der Waals surface area contributed by atoms with Crippen LogP contribution in [0.4, 0.5) is 5.69 Å². The highest BCUT2D eigenvalue weighted by Crippen LogP contribution is 2.29. The molecule has 1 aromatic rings. The van der Waals surface area contributed by atoms with Crippen LogP contribution in [0.3, 0.4) is 0 Å². The van der Waals surface area contributed by atoms with Gasteiger partial charge in [0.1, 0.15) is 5.75 Å². The highest BCUT2D eigenvalue weighted by Gasteiger charge is 2.15. The molecule has 90 valence electrons. The minimum Gasteiger partial charge on any atom is -0.496 e. The molecular formula is C15H19NO. The van der Waals surface area contributed by atoms with E-state index in [1.807, 2.05) is 12.1 Å². The molecule has 2 heteroatoms. The van der Waals surface area contributed by atoms with Crippen LogP contribution in [-0.2, 0) is 0 Å². The van der Waals surface area contributed by atoms with Crippen molar-refractivity contribution in [2.24, 2.45) is 0 Å². The van der Waals surface area contributed by atoms with Crippen molar-refractivity contribution in [1.29, 1.82) is 0 Å². The smallest absolute Gasteiger partial charge is 0.123 e. The molecule has 1 aliphatic rings. The van der Waals surface area contributed by atoms with Crippen LogP contribution >= 0.6 is 0 Å². The van der Waals surface area contributed by atoms with E-state index in [1.54, 1.807) is 7.11 Å². The number of likely N-dealkylation sites (N-methyl/N-ethyl adjacent to an activating group) is 1. The number of ether oxygens (including phenoxy) is 1. The standard InChI is InChI=1S/C15H19NO/c1-12-14(10-7-11-15(12)17-3)16(2)13-8-5-4-6-9-13/h4-8,10-11,13H,9H2,1-3H3. The molecule has 17 heavy (non-hydrogen) atoms. The van der Waals surface area contributed by atoms with Crippen LogP contribution in [0.25, 0.3) is 0 Å². The van der Waals surface area contributed by atoms with Crippen LogP contribution in [0.2, 0.25) is 0 Å². The molecule has 1 aromatic carbocycles. The average Bonchev–Trinajstić information content (AvgIpc) is 2.39. The molecule has 0 N–H and O–H groups in total. The summed E-state index contributed by atoms with van der Waals surface area (Å²) in [5.41, 5.74) is 2.43. The van der Waals surface area contributed by atoms with Crippen LogP contribution in [0.5, 0.6) is 5.75 Å². The van der Waals surface area contributed by atoms with Gasteiger partial charge in [-0.1, -0.05) is 30.4 Å². The molecule has 0 heterocycles. The number of allylic oxidation sites excluding steroid dienone is 2. The van der Waals surface area contributed by atoms with Crippen LogP contribution in [-0.4, -0.2) is 20.2 Å². The largest absolute Gasteiger partial charge is 0.496 e. The zero-order valence-corrected chi connectivity index (χ0v) is 10.7. The lowest BCUT2D eigenvalue weighted by Gasteiger charge is -2.30. The monoisotopic (exact) mass is 229 g/mol. The summed E-state index contributed by atoms with van der Waals surface area (Å²) in [6.07, 6.45) is 9.71. The second-order valence-electron chi connectivity index (χ2n) is 4.33. The first-order chi connectivity index (χ1) is 8.24. The van der Waals surface area contributed by atoms with E-state index >= 15 is 0 Å². The van der Waals surface area contributed by atoms with Crippen molar-refractivity contribution in [3.63, 3.8) is 0 Å². The predicted octanol–water partition coefficient (Wildman–Crippen LogP) is 3.32. The topological polar surface area (TPSA) is 12.5 Å². The molecular weight excluding hydrogens is 210 g/mol. The van der Waals surface area contributed by atoms with Gasteiger partial charge in [-0.05, 0) is 25.5 Å². The lowest BCUT2D eigenvalue weighted by molar-refractivity contribution is 0.411. The molecule has 2 nitrogen and oxygen atoms in total. The second kappa shape index (κ2) is 5.09. The van der Waals surface area contributed by atoms with Gasteiger partial charge in [0.25, 0.3) is 0 Å². The first kappa shape index (κ1) is 11.8.